The van der Waals surface area contributed by atoms with E-state index in [9.17, 15) is 52.6 Å². The molecule has 0 bridgehead atoms. The fourth-order valence-electron chi connectivity index (χ4n) is 6.41. The van der Waals surface area contributed by atoms with Crippen molar-refractivity contribution in [2.45, 2.75) is 101 Å². The zero-order valence-corrected chi connectivity index (χ0v) is 44.8. The van der Waals surface area contributed by atoms with Gasteiger partial charge in [-0.15, -0.1) is 11.8 Å². The normalized spacial score (nSPS) is 15.4. The minimum atomic E-state index is -3.68. The number of likely N-dealkylation sites (tertiary alicyclic amines) is 1. The SMILES string of the molecule is CNCCOCCOCCNC(=O)CCC(=O)NCCOCCOCCNC(=O)CCC(=O)N[C@@H](CCCCNC(=O)CCN1C(=O)CC(SCCCC(=N)NCCCC(O)(O[PH](=O)O)O[PH](=O)O)C1=O)C(N)=O. The van der Waals surface area contributed by atoms with Crippen molar-refractivity contribution in [3.8, 4) is 0 Å². The zero-order valence-electron chi connectivity index (χ0n) is 42.0. The number of primary amides is 1. The second-order valence-corrected chi connectivity index (χ2v) is 19.0. The molecule has 0 aliphatic carbocycles. The fourth-order valence-corrected chi connectivity index (χ4v) is 8.45. The number of nitrogens with one attached hydrogen (secondary N) is 8. The van der Waals surface area contributed by atoms with Crippen molar-refractivity contribution in [3.05, 3.63) is 0 Å². The smallest absolute Gasteiger partial charge is 0.320 e. The van der Waals surface area contributed by atoms with E-state index in [0.717, 1.165) is 11.4 Å². The summed E-state index contributed by atoms with van der Waals surface area (Å²) < 4.78 is 52.0. The van der Waals surface area contributed by atoms with Gasteiger partial charge in [-0.25, -0.2) is 0 Å². The van der Waals surface area contributed by atoms with E-state index in [4.69, 9.17) is 39.9 Å². The average Bonchev–Trinajstić information content (AvgIpc) is 3.61. The van der Waals surface area contributed by atoms with E-state index in [0.29, 0.717) is 58.0 Å². The Kier molecular flexibility index (Phi) is 38.5. The summed E-state index contributed by atoms with van der Waals surface area (Å²) in [5.74, 6) is -5.62. The van der Waals surface area contributed by atoms with Gasteiger partial charge in [0.1, 0.15) is 6.04 Å². The number of rotatable bonds is 47. The summed E-state index contributed by atoms with van der Waals surface area (Å²) in [6.07, 6.45) is 0.998. The van der Waals surface area contributed by atoms with E-state index in [1.807, 2.05) is 7.05 Å². The number of carbonyl (C=O) groups excluding carboxylic acids is 8. The maximum atomic E-state index is 12.9. The Morgan fingerprint density at radius 3 is 1.65 bits per heavy atom. The first-order chi connectivity index (χ1) is 35.3. The number of likely N-dealkylation sites (N-methyl/N-ethyl adjacent to an activating group) is 1. The zero-order chi connectivity index (χ0) is 55.0. The van der Waals surface area contributed by atoms with E-state index >= 15 is 0 Å². The van der Waals surface area contributed by atoms with Crippen LogP contribution in [0.5, 0.6) is 0 Å². The van der Waals surface area contributed by atoms with Crippen LogP contribution in [-0.4, -0.2) is 202 Å². The van der Waals surface area contributed by atoms with Gasteiger partial charge in [0, 0.05) is 97.2 Å². The number of nitrogens with two attached hydrogens (primary N) is 1. The lowest BCUT2D eigenvalue weighted by Crippen LogP contribution is -2.44. The Balaban J connectivity index is 2.10. The number of amides is 8. The van der Waals surface area contributed by atoms with Gasteiger partial charge in [0.2, 0.25) is 47.3 Å². The van der Waals surface area contributed by atoms with Gasteiger partial charge < -0.3 is 76.8 Å². The molecule has 1 rings (SSSR count). The largest absolute Gasteiger partial charge is 0.378 e. The van der Waals surface area contributed by atoms with E-state index in [2.05, 4.69) is 46.3 Å². The highest BCUT2D eigenvalue weighted by Gasteiger charge is 2.38. The number of thioether (sulfide) groups is 1. The molecule has 1 aliphatic rings. The third kappa shape index (κ3) is 35.9. The molecule has 29 nitrogen and oxygen atoms in total. The van der Waals surface area contributed by atoms with Crippen LogP contribution in [0.25, 0.3) is 0 Å². The maximum absolute atomic E-state index is 12.9. The fraction of sp³-hybridized carbons (Fsp3) is 0.786. The summed E-state index contributed by atoms with van der Waals surface area (Å²) in [6.45, 7) is 4.52. The number of hydrogen-bond donors (Lipinski definition) is 12. The number of hydrogen-bond acceptors (Lipinski definition) is 20. The summed E-state index contributed by atoms with van der Waals surface area (Å²) in [5.41, 5.74) is 5.47. The molecule has 0 radical (unpaired) electrons. The highest BCUT2D eigenvalue weighted by molar-refractivity contribution is 8.00. The topological polar surface area (TPSA) is 424 Å². The molecule has 0 aromatic rings. The summed E-state index contributed by atoms with van der Waals surface area (Å²) in [7, 11) is -5.53. The Labute approximate surface area is 436 Å². The second-order valence-electron chi connectivity index (χ2n) is 16.2. The van der Waals surface area contributed by atoms with Crippen molar-refractivity contribution in [2.75, 3.05) is 111 Å². The van der Waals surface area contributed by atoms with Gasteiger partial charge in [0.15, 0.2) is 0 Å². The molecule has 0 aromatic carbocycles. The Morgan fingerprint density at radius 1 is 0.676 bits per heavy atom. The quantitative estimate of drug-likeness (QED) is 0.00734. The highest BCUT2D eigenvalue weighted by atomic mass is 32.2. The first-order valence-electron chi connectivity index (χ1n) is 24.3. The van der Waals surface area contributed by atoms with Gasteiger partial charge in [-0.3, -0.25) is 66.8 Å². The number of unbranched alkanes of at least 4 members (excludes halogenated alkanes) is 1. The summed E-state index contributed by atoms with van der Waals surface area (Å²) in [6, 6.07) is -0.991. The molecule has 0 aromatic heterocycles. The molecule has 1 heterocycles. The van der Waals surface area contributed by atoms with Crippen LogP contribution in [-0.2, 0) is 75.5 Å². The number of amidine groups is 1. The molecule has 0 spiro atoms. The molecule has 3 unspecified atom stereocenters. The van der Waals surface area contributed by atoms with E-state index in [-0.39, 0.29) is 135 Å². The molecule has 32 heteroatoms. The Hall–Kier alpha value is -4.16. The van der Waals surface area contributed by atoms with Crippen LogP contribution in [0.15, 0.2) is 0 Å². The van der Waals surface area contributed by atoms with Crippen LogP contribution in [0.1, 0.15) is 83.5 Å². The lowest BCUT2D eigenvalue weighted by molar-refractivity contribution is -0.277. The molecule has 13 N–H and O–H groups in total. The average molecular weight is 1120 g/mol. The highest BCUT2D eigenvalue weighted by Crippen LogP contribution is 2.35. The van der Waals surface area contributed by atoms with Gasteiger partial charge in [-0.2, -0.15) is 0 Å². The standard InChI is InChI=1S/C42H78N10O19P2S/c1-45-16-21-66-25-26-67-22-17-48-34(53)8-9-35(54)49-18-23-68-27-28-69-24-19-50-36(55)10-11-38(57)51-31(40(44)59)6-2-3-14-47-37(56)12-20-52-39(58)30-32(41(52)60)74-29-4-7-33(43)46-15-5-13-42(61,70-72(62)63)71-73(64)65/h31-32,45,61,72-73H,2-30H2,1H3,(H2,43,46)(H2,44,59)(H,47,56)(H,48,53)(H,49,54)(H,50,55)(H,51,57)(H,62,63)(H,64,65)/t31-,32?/m0/s1. The molecule has 1 saturated heterocycles. The van der Waals surface area contributed by atoms with Crippen LogP contribution in [0.4, 0.5) is 0 Å². The molecule has 0 saturated carbocycles. The molecule has 74 heavy (non-hydrogen) atoms. The number of carbonyl (C=O) groups is 8. The molecule has 1 fully saturated rings. The lowest BCUT2D eigenvalue weighted by Gasteiger charge is -2.24. The van der Waals surface area contributed by atoms with Crippen molar-refractivity contribution < 1.29 is 90.4 Å². The molecule has 1 aliphatic heterocycles. The lowest BCUT2D eigenvalue weighted by atomic mass is 10.1. The summed E-state index contributed by atoms with van der Waals surface area (Å²) in [4.78, 5) is 117. The van der Waals surface area contributed by atoms with Crippen LogP contribution >= 0.6 is 28.3 Å². The minimum Gasteiger partial charge on any atom is -0.378 e. The van der Waals surface area contributed by atoms with E-state index < -0.39 is 75.6 Å². The van der Waals surface area contributed by atoms with Gasteiger partial charge >= 0.3 is 16.5 Å². The van der Waals surface area contributed by atoms with Gasteiger partial charge in [-0.05, 0) is 44.9 Å². The monoisotopic (exact) mass is 1120 g/mol. The number of aliphatic hydroxyl groups is 1. The second kappa shape index (κ2) is 42.0. The molecular formula is C42H78N10O19P2S. The third-order valence-corrected chi connectivity index (χ3v) is 12.5. The minimum absolute atomic E-state index is 0.0276. The van der Waals surface area contributed by atoms with Crippen molar-refractivity contribution >= 4 is 81.4 Å². The van der Waals surface area contributed by atoms with Gasteiger partial charge in [-0.1, -0.05) is 0 Å². The van der Waals surface area contributed by atoms with Gasteiger partial charge in [0.25, 0.3) is 5.97 Å². The summed E-state index contributed by atoms with van der Waals surface area (Å²) >= 11 is 1.26. The Morgan fingerprint density at radius 2 is 1.15 bits per heavy atom. The molecular weight excluding hydrogens is 1040 g/mol. The van der Waals surface area contributed by atoms with Crippen molar-refractivity contribution in [1.82, 2.24) is 42.1 Å². The van der Waals surface area contributed by atoms with Gasteiger partial charge in [0.05, 0.1) is 63.9 Å². The predicted molar refractivity (Wildman–Crippen MR) is 269 cm³/mol. The first-order valence-corrected chi connectivity index (χ1v) is 27.9. The van der Waals surface area contributed by atoms with Crippen LogP contribution in [0.3, 0.4) is 0 Å². The van der Waals surface area contributed by atoms with Crippen molar-refractivity contribution in [1.29, 1.82) is 5.41 Å². The third-order valence-electron chi connectivity index (χ3n) is 10.2. The number of nitrogens with zero attached hydrogens (tertiary/aromatic N) is 1. The molecule has 4 atom stereocenters. The van der Waals surface area contributed by atoms with Crippen LogP contribution < -0.4 is 43.0 Å². The van der Waals surface area contributed by atoms with E-state index in [1.54, 1.807) is 0 Å². The van der Waals surface area contributed by atoms with E-state index in [1.165, 1.54) is 11.8 Å². The van der Waals surface area contributed by atoms with Crippen LogP contribution in [0, 0.1) is 5.41 Å². The summed E-state index contributed by atoms with van der Waals surface area (Å²) in [5, 5.41) is 36.3. The molecule has 8 amide bonds. The van der Waals surface area contributed by atoms with Crippen molar-refractivity contribution in [3.63, 3.8) is 0 Å². The maximum Gasteiger partial charge on any atom is 0.320 e. The molecule has 426 valence electrons. The predicted octanol–water partition coefficient (Wildman–Crippen LogP) is -2.74. The first kappa shape index (κ1) is 67.9. The number of ether oxygens (including phenoxy) is 4. The van der Waals surface area contributed by atoms with Crippen molar-refractivity contribution in [2.24, 2.45) is 5.73 Å². The Bertz CT molecular complexity index is 1780. The van der Waals surface area contributed by atoms with Crippen LogP contribution in [0.2, 0.25) is 0 Å². The number of imide groups is 1.